The summed E-state index contributed by atoms with van der Waals surface area (Å²) in [6.07, 6.45) is 1.74. The zero-order chi connectivity index (χ0) is 14.4. The zero-order valence-electron chi connectivity index (χ0n) is 11.1. The van der Waals surface area contributed by atoms with Crippen molar-refractivity contribution < 1.29 is 4.79 Å². The minimum Gasteiger partial charge on any atom is -0.306 e. The molecule has 0 radical (unpaired) electrons. The Labute approximate surface area is 126 Å². The van der Waals surface area contributed by atoms with Crippen LogP contribution in [0.5, 0.6) is 0 Å². The van der Waals surface area contributed by atoms with Crippen molar-refractivity contribution in [3.05, 3.63) is 58.9 Å². The standard InChI is InChI=1S/C15H13ClN4O/c16-11-4-1-3-10(9-11)15-13-12(5-2-6-17-13)19-14(21)20(15)8-7-18-15/h1-6,9,18H,7-8H2,(H,19,21). The van der Waals surface area contributed by atoms with Gasteiger partial charge in [0, 0.05) is 29.9 Å². The van der Waals surface area contributed by atoms with Crippen LogP contribution in [0.25, 0.3) is 0 Å². The van der Waals surface area contributed by atoms with E-state index in [1.54, 1.807) is 11.1 Å². The van der Waals surface area contributed by atoms with Gasteiger partial charge in [-0.3, -0.25) is 15.2 Å². The maximum Gasteiger partial charge on any atom is 0.324 e. The average Bonchev–Trinajstić information content (AvgIpc) is 2.94. The third-order valence-electron chi connectivity index (χ3n) is 4.00. The Morgan fingerprint density at radius 2 is 2.19 bits per heavy atom. The van der Waals surface area contributed by atoms with E-state index in [0.717, 1.165) is 16.9 Å². The van der Waals surface area contributed by atoms with E-state index in [1.165, 1.54) is 0 Å². The molecule has 1 aromatic carbocycles. The van der Waals surface area contributed by atoms with Gasteiger partial charge < -0.3 is 5.32 Å². The van der Waals surface area contributed by atoms with Gasteiger partial charge in [0.25, 0.3) is 0 Å². The van der Waals surface area contributed by atoms with E-state index < -0.39 is 5.66 Å². The predicted octanol–water partition coefficient (Wildman–Crippen LogP) is 2.39. The van der Waals surface area contributed by atoms with Gasteiger partial charge in [0.2, 0.25) is 0 Å². The monoisotopic (exact) mass is 300 g/mol. The molecule has 1 fully saturated rings. The summed E-state index contributed by atoms with van der Waals surface area (Å²) in [6, 6.07) is 11.1. The van der Waals surface area contributed by atoms with Crippen molar-refractivity contribution in [2.24, 2.45) is 0 Å². The molecule has 2 aliphatic heterocycles. The summed E-state index contributed by atoms with van der Waals surface area (Å²) >= 11 is 6.15. The van der Waals surface area contributed by atoms with Crippen LogP contribution in [0.2, 0.25) is 5.02 Å². The molecule has 1 unspecified atom stereocenters. The van der Waals surface area contributed by atoms with Crippen molar-refractivity contribution in [2.45, 2.75) is 5.66 Å². The molecule has 0 aliphatic carbocycles. The molecule has 0 spiro atoms. The summed E-state index contributed by atoms with van der Waals surface area (Å²) in [7, 11) is 0. The number of hydrogen-bond acceptors (Lipinski definition) is 3. The Kier molecular flexibility index (Phi) is 2.67. The van der Waals surface area contributed by atoms with Crippen LogP contribution in [0, 0.1) is 0 Å². The fourth-order valence-corrected chi connectivity index (χ4v) is 3.35. The number of rotatable bonds is 1. The first kappa shape index (κ1) is 12.6. The fraction of sp³-hybridized carbons (Fsp3) is 0.200. The summed E-state index contributed by atoms with van der Waals surface area (Å²) in [6.45, 7) is 1.32. The van der Waals surface area contributed by atoms with Crippen LogP contribution in [-0.4, -0.2) is 29.0 Å². The van der Waals surface area contributed by atoms with Crippen LogP contribution in [-0.2, 0) is 5.66 Å². The molecule has 0 saturated carbocycles. The molecule has 4 rings (SSSR count). The zero-order valence-corrected chi connectivity index (χ0v) is 11.9. The van der Waals surface area contributed by atoms with Gasteiger partial charge >= 0.3 is 6.03 Å². The number of carbonyl (C=O) groups is 1. The first-order valence-corrected chi connectivity index (χ1v) is 7.15. The van der Waals surface area contributed by atoms with Gasteiger partial charge in [0.05, 0.1) is 5.69 Å². The lowest BCUT2D eigenvalue weighted by Gasteiger charge is -2.42. The largest absolute Gasteiger partial charge is 0.324 e. The van der Waals surface area contributed by atoms with E-state index in [2.05, 4.69) is 15.6 Å². The lowest BCUT2D eigenvalue weighted by atomic mass is 9.92. The highest BCUT2D eigenvalue weighted by Gasteiger charge is 2.51. The minimum atomic E-state index is -0.746. The van der Waals surface area contributed by atoms with E-state index in [9.17, 15) is 4.79 Å². The summed E-state index contributed by atoms with van der Waals surface area (Å²) in [4.78, 5) is 18.7. The second-order valence-electron chi connectivity index (χ2n) is 5.13. The molecule has 5 nitrogen and oxygen atoms in total. The Bertz CT molecular complexity index is 735. The molecule has 1 atom stereocenters. The van der Waals surface area contributed by atoms with Crippen LogP contribution in [0.4, 0.5) is 10.5 Å². The Balaban J connectivity index is 2.01. The third kappa shape index (κ3) is 1.68. The second kappa shape index (κ2) is 4.44. The first-order valence-electron chi connectivity index (χ1n) is 6.77. The van der Waals surface area contributed by atoms with Crippen molar-refractivity contribution in [2.75, 3.05) is 18.4 Å². The number of fused-ring (bicyclic) bond motifs is 3. The highest BCUT2D eigenvalue weighted by Crippen LogP contribution is 2.42. The maximum absolute atomic E-state index is 12.4. The Morgan fingerprint density at radius 1 is 1.29 bits per heavy atom. The van der Waals surface area contributed by atoms with Crippen molar-refractivity contribution >= 4 is 23.3 Å². The van der Waals surface area contributed by atoms with Crippen LogP contribution < -0.4 is 10.6 Å². The minimum absolute atomic E-state index is 0.125. The lowest BCUT2D eigenvalue weighted by Crippen LogP contribution is -2.57. The summed E-state index contributed by atoms with van der Waals surface area (Å²) in [5, 5.41) is 6.98. The molecule has 106 valence electrons. The van der Waals surface area contributed by atoms with Gasteiger partial charge in [0.1, 0.15) is 5.69 Å². The Morgan fingerprint density at radius 3 is 3.05 bits per heavy atom. The maximum atomic E-state index is 12.4. The number of benzene rings is 1. The van der Waals surface area contributed by atoms with Crippen molar-refractivity contribution in [1.82, 2.24) is 15.2 Å². The SMILES string of the molecule is O=C1Nc2cccnc2C2(c3cccc(Cl)c3)NCCN12. The summed E-state index contributed by atoms with van der Waals surface area (Å²) < 4.78 is 0. The van der Waals surface area contributed by atoms with Crippen molar-refractivity contribution in [3.8, 4) is 0 Å². The van der Waals surface area contributed by atoms with E-state index >= 15 is 0 Å². The molecule has 6 heteroatoms. The number of hydrogen-bond donors (Lipinski definition) is 2. The molecule has 1 aromatic heterocycles. The third-order valence-corrected chi connectivity index (χ3v) is 4.24. The van der Waals surface area contributed by atoms with E-state index in [1.807, 2.05) is 36.4 Å². The highest BCUT2D eigenvalue weighted by atomic mass is 35.5. The lowest BCUT2D eigenvalue weighted by molar-refractivity contribution is 0.162. The molecule has 2 aromatic rings. The van der Waals surface area contributed by atoms with E-state index in [0.29, 0.717) is 18.1 Å². The Hall–Kier alpha value is -2.11. The number of nitrogens with zero attached hydrogens (tertiary/aromatic N) is 2. The quantitative estimate of drug-likeness (QED) is 0.850. The fourth-order valence-electron chi connectivity index (χ4n) is 3.16. The average molecular weight is 301 g/mol. The van der Waals surface area contributed by atoms with Gasteiger partial charge in [-0.1, -0.05) is 23.7 Å². The number of carbonyl (C=O) groups excluding carboxylic acids is 1. The molecule has 3 heterocycles. The number of halogens is 1. The topological polar surface area (TPSA) is 57.3 Å². The molecule has 2 N–H and O–H groups in total. The molecule has 1 saturated heterocycles. The van der Waals surface area contributed by atoms with Gasteiger partial charge in [0.15, 0.2) is 5.66 Å². The smallest absolute Gasteiger partial charge is 0.306 e. The second-order valence-corrected chi connectivity index (χ2v) is 5.57. The van der Waals surface area contributed by atoms with Gasteiger partial charge in [-0.15, -0.1) is 0 Å². The molecule has 0 bridgehead atoms. The van der Waals surface area contributed by atoms with E-state index in [4.69, 9.17) is 11.6 Å². The van der Waals surface area contributed by atoms with Gasteiger partial charge in [-0.2, -0.15) is 0 Å². The summed E-state index contributed by atoms with van der Waals surface area (Å²) in [5.41, 5.74) is 1.70. The normalized spacial score (nSPS) is 23.5. The number of anilines is 1. The molecule has 2 amide bonds. The van der Waals surface area contributed by atoms with Crippen LogP contribution in [0.3, 0.4) is 0 Å². The predicted molar refractivity (Wildman–Crippen MR) is 80.2 cm³/mol. The number of aromatic nitrogens is 1. The van der Waals surface area contributed by atoms with Gasteiger partial charge in [-0.25, -0.2) is 4.79 Å². The molecular formula is C15H13ClN4O. The van der Waals surface area contributed by atoms with Crippen molar-refractivity contribution in [3.63, 3.8) is 0 Å². The first-order chi connectivity index (χ1) is 10.2. The number of nitrogens with one attached hydrogen (secondary N) is 2. The number of pyridine rings is 1. The number of urea groups is 1. The molecular weight excluding hydrogens is 288 g/mol. The van der Waals surface area contributed by atoms with Crippen molar-refractivity contribution in [1.29, 1.82) is 0 Å². The van der Waals surface area contributed by atoms with E-state index in [-0.39, 0.29) is 6.03 Å². The molecule has 21 heavy (non-hydrogen) atoms. The molecule has 2 aliphatic rings. The highest BCUT2D eigenvalue weighted by molar-refractivity contribution is 6.30. The van der Waals surface area contributed by atoms with Crippen LogP contribution >= 0.6 is 11.6 Å². The number of amides is 2. The van der Waals surface area contributed by atoms with Crippen LogP contribution in [0.1, 0.15) is 11.3 Å². The van der Waals surface area contributed by atoms with Gasteiger partial charge in [-0.05, 0) is 24.3 Å². The van der Waals surface area contributed by atoms with Crippen LogP contribution in [0.15, 0.2) is 42.6 Å². The summed E-state index contributed by atoms with van der Waals surface area (Å²) in [5.74, 6) is 0.